The van der Waals surface area contributed by atoms with E-state index in [2.05, 4.69) is 12.2 Å². The molecule has 6 atom stereocenters. The third kappa shape index (κ3) is 3.39. The lowest BCUT2D eigenvalue weighted by molar-refractivity contribution is -0.174. The first-order valence-corrected chi connectivity index (χ1v) is 10.3. The summed E-state index contributed by atoms with van der Waals surface area (Å²) in [7, 11) is 0. The average molecular weight is 405 g/mol. The number of amides is 1. The topological polar surface area (TPSA) is 84.9 Å². The van der Waals surface area contributed by atoms with Crippen molar-refractivity contribution in [3.05, 3.63) is 30.1 Å². The quantitative estimate of drug-likeness (QED) is 0.746. The zero-order chi connectivity index (χ0) is 20.8. The van der Waals surface area contributed by atoms with Gasteiger partial charge in [-0.2, -0.15) is 0 Å². The first kappa shape index (κ1) is 20.1. The van der Waals surface area contributed by atoms with Gasteiger partial charge < -0.3 is 14.6 Å². The molecule has 3 fully saturated rings. The normalized spacial score (nSPS) is 38.6. The summed E-state index contributed by atoms with van der Waals surface area (Å²) in [6.45, 7) is 4.04. The van der Waals surface area contributed by atoms with Crippen molar-refractivity contribution in [2.45, 2.75) is 58.2 Å². The number of benzene rings is 1. The molecule has 1 aliphatic heterocycles. The summed E-state index contributed by atoms with van der Waals surface area (Å²) in [5, 5.41) is 12.9. The SMILES string of the molecule is C[C@]1(CO)[C@H]2CC[C@@H]3OC(=O)C[C@H]3[C@]2(C)CC[C@H]1OC(=O)Nc1cccc(F)c1. The number of ether oxygens (including phenoxy) is 2. The minimum atomic E-state index is -0.656. The Balaban J connectivity index is 1.51. The molecule has 0 spiro atoms. The number of fused-ring (bicyclic) bond motifs is 3. The average Bonchev–Trinajstić information content (AvgIpc) is 3.06. The molecule has 1 amide bonds. The van der Waals surface area contributed by atoms with Crippen molar-refractivity contribution in [1.82, 2.24) is 0 Å². The van der Waals surface area contributed by atoms with Crippen molar-refractivity contribution in [2.75, 3.05) is 11.9 Å². The summed E-state index contributed by atoms with van der Waals surface area (Å²) in [6.07, 6.45) is 2.24. The van der Waals surface area contributed by atoms with Crippen LogP contribution in [-0.2, 0) is 14.3 Å². The van der Waals surface area contributed by atoms with Crippen molar-refractivity contribution in [3.8, 4) is 0 Å². The molecule has 2 aliphatic carbocycles. The molecule has 1 aromatic carbocycles. The Bertz CT molecular complexity index is 816. The van der Waals surface area contributed by atoms with Gasteiger partial charge in [0.15, 0.2) is 0 Å². The number of carbonyl (C=O) groups is 2. The molecule has 1 saturated heterocycles. The van der Waals surface area contributed by atoms with E-state index in [1.54, 1.807) is 6.07 Å². The summed E-state index contributed by atoms with van der Waals surface area (Å²) in [4.78, 5) is 24.3. The Kier molecular flexibility index (Phi) is 5.05. The molecular formula is C22H28FNO5. The van der Waals surface area contributed by atoms with Gasteiger partial charge in [0.25, 0.3) is 0 Å². The molecule has 6 nitrogen and oxygen atoms in total. The van der Waals surface area contributed by atoms with E-state index >= 15 is 0 Å². The van der Waals surface area contributed by atoms with Gasteiger partial charge in [0.05, 0.1) is 13.0 Å². The van der Waals surface area contributed by atoms with Gasteiger partial charge in [-0.1, -0.05) is 19.9 Å². The Morgan fingerprint density at radius 3 is 2.86 bits per heavy atom. The van der Waals surface area contributed by atoms with E-state index < -0.39 is 23.4 Å². The molecule has 2 N–H and O–H groups in total. The van der Waals surface area contributed by atoms with Crippen LogP contribution in [0.5, 0.6) is 0 Å². The lowest BCUT2D eigenvalue weighted by Gasteiger charge is -2.59. The molecule has 2 saturated carbocycles. The molecule has 0 radical (unpaired) electrons. The minimum Gasteiger partial charge on any atom is -0.462 e. The van der Waals surface area contributed by atoms with E-state index in [-0.39, 0.29) is 35.9 Å². The fraction of sp³-hybridized carbons (Fsp3) is 0.636. The van der Waals surface area contributed by atoms with Crippen molar-refractivity contribution in [2.24, 2.45) is 22.7 Å². The van der Waals surface area contributed by atoms with Gasteiger partial charge in [-0.3, -0.25) is 10.1 Å². The van der Waals surface area contributed by atoms with Gasteiger partial charge in [-0.05, 0) is 55.2 Å². The van der Waals surface area contributed by atoms with Gasteiger partial charge in [-0.15, -0.1) is 0 Å². The zero-order valence-corrected chi connectivity index (χ0v) is 16.8. The molecule has 29 heavy (non-hydrogen) atoms. The van der Waals surface area contributed by atoms with Crippen molar-refractivity contribution >= 4 is 17.7 Å². The molecule has 7 heteroatoms. The van der Waals surface area contributed by atoms with Crippen LogP contribution in [0.3, 0.4) is 0 Å². The lowest BCUT2D eigenvalue weighted by Crippen LogP contribution is -2.59. The van der Waals surface area contributed by atoms with Crippen LogP contribution < -0.4 is 5.32 Å². The van der Waals surface area contributed by atoms with E-state index in [0.717, 1.165) is 19.3 Å². The Labute approximate surface area is 169 Å². The third-order valence-electron chi connectivity index (χ3n) is 7.64. The molecular weight excluding hydrogens is 377 g/mol. The number of halogens is 1. The zero-order valence-electron chi connectivity index (χ0n) is 16.8. The highest BCUT2D eigenvalue weighted by Crippen LogP contribution is 2.62. The van der Waals surface area contributed by atoms with E-state index in [1.165, 1.54) is 18.2 Å². The number of nitrogens with one attached hydrogen (secondary N) is 1. The second-order valence-electron chi connectivity index (χ2n) is 9.21. The molecule has 1 aromatic rings. The third-order valence-corrected chi connectivity index (χ3v) is 7.64. The second-order valence-corrected chi connectivity index (χ2v) is 9.21. The number of esters is 1. The summed E-state index contributed by atoms with van der Waals surface area (Å²) in [5.41, 5.74) is -0.447. The predicted octanol–water partition coefficient (Wildman–Crippen LogP) is 3.88. The monoisotopic (exact) mass is 405 g/mol. The van der Waals surface area contributed by atoms with Gasteiger partial charge in [-0.25, -0.2) is 9.18 Å². The van der Waals surface area contributed by atoms with Crippen LogP contribution in [0.1, 0.15) is 46.0 Å². The number of anilines is 1. The van der Waals surface area contributed by atoms with E-state index in [9.17, 15) is 19.1 Å². The van der Waals surface area contributed by atoms with Crippen LogP contribution in [0.4, 0.5) is 14.9 Å². The van der Waals surface area contributed by atoms with Crippen LogP contribution in [-0.4, -0.2) is 36.0 Å². The van der Waals surface area contributed by atoms with Crippen molar-refractivity contribution < 1.29 is 28.6 Å². The predicted molar refractivity (Wildman–Crippen MR) is 104 cm³/mol. The van der Waals surface area contributed by atoms with Crippen LogP contribution in [0.2, 0.25) is 0 Å². The first-order chi connectivity index (χ1) is 13.8. The van der Waals surface area contributed by atoms with Crippen LogP contribution in [0.15, 0.2) is 24.3 Å². The largest absolute Gasteiger partial charge is 0.462 e. The van der Waals surface area contributed by atoms with E-state index in [0.29, 0.717) is 18.5 Å². The van der Waals surface area contributed by atoms with Crippen molar-refractivity contribution in [1.29, 1.82) is 0 Å². The maximum atomic E-state index is 13.4. The highest BCUT2D eigenvalue weighted by atomic mass is 19.1. The second kappa shape index (κ2) is 7.27. The number of rotatable bonds is 3. The molecule has 0 aromatic heterocycles. The fourth-order valence-electron chi connectivity index (χ4n) is 6.13. The van der Waals surface area contributed by atoms with Gasteiger partial charge >= 0.3 is 12.1 Å². The lowest BCUT2D eigenvalue weighted by atomic mass is 9.46. The van der Waals surface area contributed by atoms with Gasteiger partial charge in [0.1, 0.15) is 18.0 Å². The maximum Gasteiger partial charge on any atom is 0.411 e. The smallest absolute Gasteiger partial charge is 0.411 e. The molecule has 4 rings (SSSR count). The Morgan fingerprint density at radius 1 is 1.34 bits per heavy atom. The first-order valence-electron chi connectivity index (χ1n) is 10.3. The number of carbonyl (C=O) groups excluding carboxylic acids is 2. The summed E-state index contributed by atoms with van der Waals surface area (Å²) >= 11 is 0. The highest BCUT2D eigenvalue weighted by Gasteiger charge is 2.62. The summed E-state index contributed by atoms with van der Waals surface area (Å²) in [6, 6.07) is 5.63. The highest BCUT2D eigenvalue weighted by molar-refractivity contribution is 5.84. The van der Waals surface area contributed by atoms with Crippen molar-refractivity contribution in [3.63, 3.8) is 0 Å². The number of aliphatic hydroxyl groups excluding tert-OH is 1. The molecule has 3 aliphatic rings. The number of hydrogen-bond acceptors (Lipinski definition) is 5. The minimum absolute atomic E-state index is 0.0413. The van der Waals surface area contributed by atoms with Gasteiger partial charge in [0, 0.05) is 17.0 Å². The summed E-state index contributed by atoms with van der Waals surface area (Å²) < 4.78 is 24.6. The molecule has 0 bridgehead atoms. The Hall–Kier alpha value is -2.15. The van der Waals surface area contributed by atoms with E-state index in [4.69, 9.17) is 9.47 Å². The maximum absolute atomic E-state index is 13.4. The van der Waals surface area contributed by atoms with Gasteiger partial charge in [0.2, 0.25) is 0 Å². The molecule has 1 heterocycles. The number of aliphatic hydroxyl groups is 1. The van der Waals surface area contributed by atoms with Crippen LogP contribution in [0.25, 0.3) is 0 Å². The molecule has 158 valence electrons. The van der Waals surface area contributed by atoms with Crippen LogP contribution >= 0.6 is 0 Å². The number of hydrogen-bond donors (Lipinski definition) is 2. The van der Waals surface area contributed by atoms with Crippen LogP contribution in [0, 0.1) is 28.5 Å². The standard InChI is InChI=1S/C22H28FNO5/c1-21-9-8-18(29-20(27)24-14-5-3-4-13(23)10-14)22(2,12-25)17(21)7-6-16-15(21)11-19(26)28-16/h3-5,10,15-18,25H,6-9,11-12H2,1-2H3,(H,24,27)/t15-,16+,17+,18-,21+,22+/m1/s1. The Morgan fingerprint density at radius 2 is 2.14 bits per heavy atom. The summed E-state index contributed by atoms with van der Waals surface area (Å²) in [5.74, 6) is -0.333. The molecule has 0 unspecified atom stereocenters. The fourth-order valence-corrected chi connectivity index (χ4v) is 6.13. The van der Waals surface area contributed by atoms with E-state index in [1.807, 2.05) is 6.92 Å².